The van der Waals surface area contributed by atoms with Crippen molar-refractivity contribution in [1.82, 2.24) is 5.32 Å². The minimum absolute atomic E-state index is 0.0725. The van der Waals surface area contributed by atoms with E-state index in [1.54, 1.807) is 18.2 Å². The molecule has 0 aliphatic carbocycles. The van der Waals surface area contributed by atoms with Crippen LogP contribution in [0.15, 0.2) is 42.5 Å². The van der Waals surface area contributed by atoms with Gasteiger partial charge in [0.25, 0.3) is 5.91 Å². The zero-order valence-electron chi connectivity index (χ0n) is 12.2. The molecule has 0 bridgehead atoms. The fourth-order valence-corrected chi connectivity index (χ4v) is 2.93. The number of rotatable bonds is 4. The molecule has 1 heterocycles. The lowest BCUT2D eigenvalue weighted by atomic mass is 10.0. The van der Waals surface area contributed by atoms with E-state index in [1.165, 1.54) is 0 Å². The van der Waals surface area contributed by atoms with Crippen LogP contribution in [-0.4, -0.2) is 19.1 Å². The molecular weight excluding hydrogens is 337 g/mol. The second-order valence-corrected chi connectivity index (χ2v) is 6.00. The SMILES string of the molecule is O=C(COc1ccc(Cl)cc1Cl)N[C@@H]1CCOc2ccccc21. The number of benzene rings is 2. The van der Waals surface area contributed by atoms with Gasteiger partial charge in [0.2, 0.25) is 0 Å². The summed E-state index contributed by atoms with van der Waals surface area (Å²) in [4.78, 5) is 12.1. The molecule has 1 N–H and O–H groups in total. The molecule has 1 aliphatic rings. The number of carbonyl (C=O) groups excluding carboxylic acids is 1. The van der Waals surface area contributed by atoms with E-state index in [-0.39, 0.29) is 18.6 Å². The maximum absolute atomic E-state index is 12.1. The molecule has 1 atom stereocenters. The predicted molar refractivity (Wildman–Crippen MR) is 89.4 cm³/mol. The first-order valence-electron chi connectivity index (χ1n) is 7.22. The molecule has 0 saturated heterocycles. The molecule has 4 nitrogen and oxygen atoms in total. The summed E-state index contributed by atoms with van der Waals surface area (Å²) < 4.78 is 11.0. The van der Waals surface area contributed by atoms with Crippen molar-refractivity contribution in [2.75, 3.05) is 13.2 Å². The summed E-state index contributed by atoms with van der Waals surface area (Å²) in [6, 6.07) is 12.5. The van der Waals surface area contributed by atoms with Crippen LogP contribution in [0.2, 0.25) is 10.0 Å². The Kier molecular flexibility index (Phi) is 4.94. The molecule has 3 rings (SSSR count). The Morgan fingerprint density at radius 3 is 2.91 bits per heavy atom. The first-order chi connectivity index (χ1) is 11.1. The number of para-hydroxylation sites is 1. The highest BCUT2D eigenvalue weighted by atomic mass is 35.5. The van der Waals surface area contributed by atoms with Crippen molar-refractivity contribution < 1.29 is 14.3 Å². The summed E-state index contributed by atoms with van der Waals surface area (Å²) in [7, 11) is 0. The number of carbonyl (C=O) groups is 1. The van der Waals surface area contributed by atoms with Crippen LogP contribution < -0.4 is 14.8 Å². The van der Waals surface area contributed by atoms with Crippen molar-refractivity contribution in [3.63, 3.8) is 0 Å². The third-order valence-electron chi connectivity index (χ3n) is 3.55. The Bertz CT molecular complexity index is 721. The average molecular weight is 352 g/mol. The number of fused-ring (bicyclic) bond motifs is 1. The fraction of sp³-hybridized carbons (Fsp3) is 0.235. The van der Waals surface area contributed by atoms with E-state index in [9.17, 15) is 4.79 Å². The fourth-order valence-electron chi connectivity index (χ4n) is 2.46. The molecule has 0 unspecified atom stereocenters. The molecule has 23 heavy (non-hydrogen) atoms. The van der Waals surface area contributed by atoms with E-state index in [4.69, 9.17) is 32.7 Å². The molecule has 6 heteroatoms. The van der Waals surface area contributed by atoms with Crippen molar-refractivity contribution >= 4 is 29.1 Å². The van der Waals surface area contributed by atoms with Crippen molar-refractivity contribution in [1.29, 1.82) is 0 Å². The van der Waals surface area contributed by atoms with Crippen molar-refractivity contribution in [3.05, 3.63) is 58.1 Å². The lowest BCUT2D eigenvalue weighted by molar-refractivity contribution is -0.124. The normalized spacial score (nSPS) is 16.2. The van der Waals surface area contributed by atoms with E-state index in [0.717, 1.165) is 17.7 Å². The molecule has 2 aromatic carbocycles. The summed E-state index contributed by atoms with van der Waals surface area (Å²) in [5.74, 6) is 1.03. The van der Waals surface area contributed by atoms with Gasteiger partial charge in [-0.1, -0.05) is 41.4 Å². The largest absolute Gasteiger partial charge is 0.493 e. The van der Waals surface area contributed by atoms with Crippen LogP contribution in [-0.2, 0) is 4.79 Å². The highest BCUT2D eigenvalue weighted by Gasteiger charge is 2.22. The highest BCUT2D eigenvalue weighted by molar-refractivity contribution is 6.35. The van der Waals surface area contributed by atoms with E-state index >= 15 is 0 Å². The molecule has 0 radical (unpaired) electrons. The highest BCUT2D eigenvalue weighted by Crippen LogP contribution is 2.31. The van der Waals surface area contributed by atoms with Gasteiger partial charge in [-0.25, -0.2) is 0 Å². The molecule has 120 valence electrons. The van der Waals surface area contributed by atoms with E-state index in [0.29, 0.717) is 22.4 Å². The van der Waals surface area contributed by atoms with Gasteiger partial charge in [0.1, 0.15) is 11.5 Å². The van der Waals surface area contributed by atoms with Crippen LogP contribution in [0.5, 0.6) is 11.5 Å². The second-order valence-electron chi connectivity index (χ2n) is 5.16. The standard InChI is InChI=1S/C17H15Cl2NO3/c18-11-5-6-16(13(19)9-11)23-10-17(21)20-14-7-8-22-15-4-2-1-3-12(14)15/h1-6,9,14H,7-8,10H2,(H,20,21)/t14-/m1/s1. The van der Waals surface area contributed by atoms with Crippen molar-refractivity contribution in [2.45, 2.75) is 12.5 Å². The Labute approximate surface area is 144 Å². The smallest absolute Gasteiger partial charge is 0.258 e. The molecule has 1 amide bonds. The number of halogens is 2. The van der Waals surface area contributed by atoms with Crippen LogP contribution >= 0.6 is 23.2 Å². The lowest BCUT2D eigenvalue weighted by Gasteiger charge is -2.26. The van der Waals surface area contributed by atoms with Gasteiger partial charge in [0.15, 0.2) is 6.61 Å². The molecule has 2 aromatic rings. The van der Waals surface area contributed by atoms with Gasteiger partial charge < -0.3 is 14.8 Å². The number of amides is 1. The summed E-state index contributed by atoms with van der Waals surface area (Å²) in [6.07, 6.45) is 0.727. The van der Waals surface area contributed by atoms with Crippen molar-refractivity contribution in [2.24, 2.45) is 0 Å². The molecule has 1 aliphatic heterocycles. The maximum Gasteiger partial charge on any atom is 0.258 e. The monoisotopic (exact) mass is 351 g/mol. The van der Waals surface area contributed by atoms with Crippen LogP contribution in [0.25, 0.3) is 0 Å². The summed E-state index contributed by atoms with van der Waals surface area (Å²) in [5, 5.41) is 3.86. The molecule has 0 spiro atoms. The number of nitrogens with one attached hydrogen (secondary N) is 1. The minimum Gasteiger partial charge on any atom is -0.493 e. The number of ether oxygens (including phenoxy) is 2. The summed E-state index contributed by atoms with van der Waals surface area (Å²) >= 11 is 11.8. The maximum atomic E-state index is 12.1. The van der Waals surface area contributed by atoms with Gasteiger partial charge in [0.05, 0.1) is 17.7 Å². The van der Waals surface area contributed by atoms with Gasteiger partial charge in [-0.15, -0.1) is 0 Å². The van der Waals surface area contributed by atoms with Crippen molar-refractivity contribution in [3.8, 4) is 11.5 Å². The van der Waals surface area contributed by atoms with Gasteiger partial charge in [-0.05, 0) is 24.3 Å². The van der Waals surface area contributed by atoms with Crippen LogP contribution in [0.3, 0.4) is 0 Å². The predicted octanol–water partition coefficient (Wildman–Crippen LogP) is 4.01. The van der Waals surface area contributed by atoms with E-state index < -0.39 is 0 Å². The van der Waals surface area contributed by atoms with Crippen LogP contribution in [0.4, 0.5) is 0 Å². The Morgan fingerprint density at radius 2 is 2.09 bits per heavy atom. The van der Waals surface area contributed by atoms with Gasteiger partial charge >= 0.3 is 0 Å². The zero-order chi connectivity index (χ0) is 16.2. The Hall–Kier alpha value is -1.91. The lowest BCUT2D eigenvalue weighted by Crippen LogP contribution is -2.35. The minimum atomic E-state index is -0.210. The molecule has 0 fully saturated rings. The quantitative estimate of drug-likeness (QED) is 0.904. The van der Waals surface area contributed by atoms with Crippen LogP contribution in [0.1, 0.15) is 18.0 Å². The third kappa shape index (κ3) is 3.89. The summed E-state index contributed by atoms with van der Waals surface area (Å²) in [6.45, 7) is 0.465. The summed E-state index contributed by atoms with van der Waals surface area (Å²) in [5.41, 5.74) is 0.983. The third-order valence-corrected chi connectivity index (χ3v) is 4.08. The topological polar surface area (TPSA) is 47.6 Å². The molecule has 0 aromatic heterocycles. The molecule has 0 saturated carbocycles. The number of hydrogen-bond donors (Lipinski definition) is 1. The van der Waals surface area contributed by atoms with Crippen LogP contribution in [0, 0.1) is 0 Å². The first kappa shape index (κ1) is 16.0. The van der Waals surface area contributed by atoms with Gasteiger partial charge in [-0.2, -0.15) is 0 Å². The van der Waals surface area contributed by atoms with E-state index in [2.05, 4.69) is 5.32 Å². The number of hydrogen-bond acceptors (Lipinski definition) is 3. The Balaban J connectivity index is 1.60. The molecular formula is C17H15Cl2NO3. The Morgan fingerprint density at radius 1 is 1.26 bits per heavy atom. The second kappa shape index (κ2) is 7.11. The van der Waals surface area contributed by atoms with Gasteiger partial charge in [0, 0.05) is 17.0 Å². The van der Waals surface area contributed by atoms with E-state index in [1.807, 2.05) is 24.3 Å². The van der Waals surface area contributed by atoms with Gasteiger partial charge in [-0.3, -0.25) is 4.79 Å². The first-order valence-corrected chi connectivity index (χ1v) is 7.98. The zero-order valence-corrected chi connectivity index (χ0v) is 13.7. The average Bonchev–Trinajstić information content (AvgIpc) is 2.54.